The number of hydrogen-bond acceptors (Lipinski definition) is 8. The maximum Gasteiger partial charge on any atom is 0.268 e. The van der Waals surface area contributed by atoms with Crippen molar-refractivity contribution in [2.45, 2.75) is 39.2 Å². The molecule has 3 rings (SSSR count). The number of morpholine rings is 1. The Morgan fingerprint density at radius 3 is 2.91 bits per heavy atom. The first-order valence-electron chi connectivity index (χ1n) is 7.65. The number of amides is 1. The molecular weight excluding hydrogens is 318 g/mol. The SMILES string of the molecule is CCc1nnsc1C(=O)N1CCOC[C@H]1c1nnc(C(C)C)o1. The van der Waals surface area contributed by atoms with Gasteiger partial charge in [0, 0.05) is 12.5 Å². The highest BCUT2D eigenvalue weighted by Gasteiger charge is 2.35. The lowest BCUT2D eigenvalue weighted by atomic mass is 10.2. The van der Waals surface area contributed by atoms with E-state index in [4.69, 9.17) is 9.15 Å². The topological polar surface area (TPSA) is 94.2 Å². The van der Waals surface area contributed by atoms with Crippen LogP contribution in [0.15, 0.2) is 4.42 Å². The van der Waals surface area contributed by atoms with Crippen molar-refractivity contribution < 1.29 is 13.9 Å². The van der Waals surface area contributed by atoms with Crippen LogP contribution in [0.25, 0.3) is 0 Å². The van der Waals surface area contributed by atoms with Crippen molar-refractivity contribution in [1.29, 1.82) is 0 Å². The van der Waals surface area contributed by atoms with Gasteiger partial charge in [0.15, 0.2) is 0 Å². The monoisotopic (exact) mass is 337 g/mol. The molecule has 1 fully saturated rings. The molecule has 1 atom stereocenters. The summed E-state index contributed by atoms with van der Waals surface area (Å²) in [6.07, 6.45) is 0.671. The Morgan fingerprint density at radius 1 is 1.39 bits per heavy atom. The smallest absolute Gasteiger partial charge is 0.268 e. The van der Waals surface area contributed by atoms with Gasteiger partial charge in [0.2, 0.25) is 11.8 Å². The minimum Gasteiger partial charge on any atom is -0.423 e. The van der Waals surface area contributed by atoms with E-state index < -0.39 is 0 Å². The summed E-state index contributed by atoms with van der Waals surface area (Å²) >= 11 is 1.12. The normalized spacial score (nSPS) is 18.6. The lowest BCUT2D eigenvalue weighted by Crippen LogP contribution is -2.43. The number of hydrogen-bond donors (Lipinski definition) is 0. The molecule has 9 heteroatoms. The Kier molecular flexibility index (Phi) is 4.67. The first-order valence-corrected chi connectivity index (χ1v) is 8.42. The minimum atomic E-state index is -0.372. The quantitative estimate of drug-likeness (QED) is 0.840. The Hall–Kier alpha value is -1.87. The van der Waals surface area contributed by atoms with E-state index in [-0.39, 0.29) is 17.9 Å². The van der Waals surface area contributed by atoms with Crippen LogP contribution in [-0.4, -0.2) is 50.3 Å². The van der Waals surface area contributed by atoms with Crippen molar-refractivity contribution >= 4 is 17.4 Å². The predicted molar refractivity (Wildman–Crippen MR) is 82.3 cm³/mol. The Labute approximate surface area is 138 Å². The van der Waals surface area contributed by atoms with Gasteiger partial charge in [-0.05, 0) is 18.0 Å². The first kappa shape index (κ1) is 16.0. The molecule has 0 spiro atoms. The lowest BCUT2D eigenvalue weighted by Gasteiger charge is -2.33. The van der Waals surface area contributed by atoms with E-state index in [9.17, 15) is 4.79 Å². The summed E-state index contributed by atoms with van der Waals surface area (Å²) in [7, 11) is 0. The zero-order chi connectivity index (χ0) is 16.4. The van der Waals surface area contributed by atoms with Gasteiger partial charge in [-0.15, -0.1) is 15.3 Å². The molecule has 1 saturated heterocycles. The summed E-state index contributed by atoms with van der Waals surface area (Å²) < 4.78 is 15.1. The minimum absolute atomic E-state index is 0.102. The molecule has 0 radical (unpaired) electrons. The van der Waals surface area contributed by atoms with E-state index in [1.165, 1.54) is 0 Å². The molecule has 0 aromatic carbocycles. The van der Waals surface area contributed by atoms with Crippen LogP contribution in [0.4, 0.5) is 0 Å². The Morgan fingerprint density at radius 2 is 2.22 bits per heavy atom. The molecule has 124 valence electrons. The van der Waals surface area contributed by atoms with E-state index in [0.29, 0.717) is 42.8 Å². The van der Waals surface area contributed by atoms with Crippen LogP contribution in [0.3, 0.4) is 0 Å². The van der Waals surface area contributed by atoms with E-state index >= 15 is 0 Å². The molecule has 0 aliphatic carbocycles. The molecule has 0 unspecified atom stereocenters. The van der Waals surface area contributed by atoms with Gasteiger partial charge in [-0.25, -0.2) is 0 Å². The molecule has 8 nitrogen and oxygen atoms in total. The number of carbonyl (C=O) groups is 1. The largest absolute Gasteiger partial charge is 0.423 e. The number of nitrogens with zero attached hydrogens (tertiary/aromatic N) is 5. The molecule has 0 saturated carbocycles. The van der Waals surface area contributed by atoms with Crippen LogP contribution in [0.2, 0.25) is 0 Å². The summed E-state index contributed by atoms with van der Waals surface area (Å²) in [5.74, 6) is 1.01. The number of aryl methyl sites for hydroxylation is 1. The summed E-state index contributed by atoms with van der Waals surface area (Å²) in [6, 6.07) is -0.372. The molecular formula is C14H19N5O3S. The molecule has 1 aliphatic heterocycles. The van der Waals surface area contributed by atoms with Gasteiger partial charge in [0.05, 0.1) is 18.9 Å². The molecule has 23 heavy (non-hydrogen) atoms. The Bertz CT molecular complexity index is 684. The van der Waals surface area contributed by atoms with Crippen LogP contribution >= 0.6 is 11.5 Å². The average molecular weight is 337 g/mol. The highest BCUT2D eigenvalue weighted by molar-refractivity contribution is 7.08. The number of aromatic nitrogens is 4. The van der Waals surface area contributed by atoms with Gasteiger partial charge in [0.25, 0.3) is 5.91 Å². The lowest BCUT2D eigenvalue weighted by molar-refractivity contribution is -0.0105. The molecule has 1 amide bonds. The predicted octanol–water partition coefficient (Wildman–Crippen LogP) is 1.82. The fourth-order valence-corrected chi connectivity index (χ4v) is 3.11. The van der Waals surface area contributed by atoms with Crippen LogP contribution < -0.4 is 0 Å². The molecule has 2 aromatic rings. The highest BCUT2D eigenvalue weighted by Crippen LogP contribution is 2.28. The number of rotatable bonds is 4. The van der Waals surface area contributed by atoms with Crippen molar-refractivity contribution in [2.24, 2.45) is 0 Å². The summed E-state index contributed by atoms with van der Waals surface area (Å²) in [5.41, 5.74) is 0.721. The summed E-state index contributed by atoms with van der Waals surface area (Å²) in [5, 5.41) is 12.2. The van der Waals surface area contributed by atoms with Crippen molar-refractivity contribution in [2.75, 3.05) is 19.8 Å². The third kappa shape index (κ3) is 3.11. The maximum absolute atomic E-state index is 12.9. The standard InChI is InChI=1S/C14H19N5O3S/c1-4-9-11(23-18-15-9)14(20)19-5-6-21-7-10(19)13-17-16-12(22-13)8(2)3/h8,10H,4-7H2,1-3H3/t10-/m0/s1. The number of carbonyl (C=O) groups excluding carboxylic acids is 1. The second kappa shape index (κ2) is 6.71. The van der Waals surface area contributed by atoms with Crippen LogP contribution in [0.5, 0.6) is 0 Å². The van der Waals surface area contributed by atoms with Gasteiger partial charge in [0.1, 0.15) is 10.9 Å². The van der Waals surface area contributed by atoms with Crippen LogP contribution in [0, 0.1) is 0 Å². The molecule has 0 bridgehead atoms. The van der Waals surface area contributed by atoms with Crippen LogP contribution in [0.1, 0.15) is 59.9 Å². The van der Waals surface area contributed by atoms with E-state index in [1.807, 2.05) is 20.8 Å². The highest BCUT2D eigenvalue weighted by atomic mass is 32.1. The number of ether oxygens (including phenoxy) is 1. The maximum atomic E-state index is 12.9. The summed E-state index contributed by atoms with van der Waals surface area (Å²) in [4.78, 5) is 15.2. The molecule has 2 aromatic heterocycles. The molecule has 1 aliphatic rings. The second-order valence-electron chi connectivity index (χ2n) is 5.62. The van der Waals surface area contributed by atoms with Gasteiger partial charge >= 0.3 is 0 Å². The third-order valence-corrected chi connectivity index (χ3v) is 4.47. The fourth-order valence-electron chi connectivity index (χ4n) is 2.40. The van der Waals surface area contributed by atoms with Crippen molar-refractivity contribution in [3.05, 3.63) is 22.4 Å². The second-order valence-corrected chi connectivity index (χ2v) is 6.38. The van der Waals surface area contributed by atoms with E-state index in [2.05, 4.69) is 19.8 Å². The third-order valence-electron chi connectivity index (χ3n) is 3.71. The fraction of sp³-hybridized carbons (Fsp3) is 0.643. The van der Waals surface area contributed by atoms with Crippen molar-refractivity contribution in [1.82, 2.24) is 24.7 Å². The molecule has 3 heterocycles. The summed E-state index contributed by atoms with van der Waals surface area (Å²) in [6.45, 7) is 7.23. The van der Waals surface area contributed by atoms with E-state index in [1.54, 1.807) is 4.90 Å². The van der Waals surface area contributed by atoms with Gasteiger partial charge in [-0.3, -0.25) is 4.79 Å². The average Bonchev–Trinajstić information content (AvgIpc) is 3.23. The molecule has 0 N–H and O–H groups in total. The van der Waals surface area contributed by atoms with Gasteiger partial charge in [-0.1, -0.05) is 25.3 Å². The Balaban J connectivity index is 1.87. The zero-order valence-electron chi connectivity index (χ0n) is 13.4. The van der Waals surface area contributed by atoms with E-state index in [0.717, 1.165) is 17.2 Å². The van der Waals surface area contributed by atoms with Crippen molar-refractivity contribution in [3.63, 3.8) is 0 Å². The van der Waals surface area contributed by atoms with Gasteiger partial charge < -0.3 is 14.1 Å². The zero-order valence-corrected chi connectivity index (χ0v) is 14.2. The van der Waals surface area contributed by atoms with Crippen LogP contribution in [-0.2, 0) is 11.2 Å². The van der Waals surface area contributed by atoms with Crippen molar-refractivity contribution in [3.8, 4) is 0 Å². The van der Waals surface area contributed by atoms with Gasteiger partial charge in [-0.2, -0.15) is 0 Å². The first-order chi connectivity index (χ1) is 11.1.